The third kappa shape index (κ3) is 4.15. The normalized spacial score (nSPS) is 11.1. The van der Waals surface area contributed by atoms with Crippen molar-refractivity contribution in [1.29, 1.82) is 0 Å². The van der Waals surface area contributed by atoms with Gasteiger partial charge in [0, 0.05) is 19.7 Å². The molecule has 1 aromatic carbocycles. The van der Waals surface area contributed by atoms with E-state index in [-0.39, 0.29) is 0 Å². The summed E-state index contributed by atoms with van der Waals surface area (Å²) in [5, 5.41) is 10.2. The van der Waals surface area contributed by atoms with Crippen LogP contribution >= 0.6 is 0 Å². The van der Waals surface area contributed by atoms with Crippen molar-refractivity contribution in [2.75, 3.05) is 21.3 Å². The Kier molecular flexibility index (Phi) is 5.65. The minimum Gasteiger partial charge on any atom is -0.493 e. The number of rotatable bonds is 6. The summed E-state index contributed by atoms with van der Waals surface area (Å²) >= 11 is 0. The standard InChI is InChI=1S/C15H20N4O3/c1-16-15(18-10-12-6-7-22-19-12)17-9-11-4-5-13(20-2)14(8-11)21-3/h4-8H,9-10H2,1-3H3,(H2,16,17,18). The number of aromatic nitrogens is 1. The van der Waals surface area contributed by atoms with Crippen LogP contribution in [0, 0.1) is 0 Å². The number of aliphatic imine (C=N–C) groups is 1. The van der Waals surface area contributed by atoms with E-state index in [1.54, 1.807) is 27.3 Å². The van der Waals surface area contributed by atoms with Gasteiger partial charge in [0.05, 0.1) is 20.8 Å². The van der Waals surface area contributed by atoms with Crippen LogP contribution in [0.3, 0.4) is 0 Å². The molecule has 0 atom stereocenters. The van der Waals surface area contributed by atoms with Crippen molar-refractivity contribution in [3.63, 3.8) is 0 Å². The minimum atomic E-state index is 0.544. The highest BCUT2D eigenvalue weighted by Crippen LogP contribution is 2.27. The first-order valence-corrected chi connectivity index (χ1v) is 6.81. The molecule has 0 radical (unpaired) electrons. The quantitative estimate of drug-likeness (QED) is 0.622. The molecule has 0 saturated heterocycles. The lowest BCUT2D eigenvalue weighted by molar-refractivity contribution is 0.354. The molecular formula is C15H20N4O3. The van der Waals surface area contributed by atoms with Gasteiger partial charge in [-0.3, -0.25) is 4.99 Å². The Morgan fingerprint density at radius 1 is 1.14 bits per heavy atom. The molecule has 22 heavy (non-hydrogen) atoms. The second-order valence-corrected chi connectivity index (χ2v) is 4.46. The van der Waals surface area contributed by atoms with E-state index in [4.69, 9.17) is 14.0 Å². The van der Waals surface area contributed by atoms with Crippen molar-refractivity contribution < 1.29 is 14.0 Å². The van der Waals surface area contributed by atoms with Crippen LogP contribution in [0.25, 0.3) is 0 Å². The van der Waals surface area contributed by atoms with Gasteiger partial charge in [-0.25, -0.2) is 0 Å². The van der Waals surface area contributed by atoms with Gasteiger partial charge in [-0.15, -0.1) is 0 Å². The van der Waals surface area contributed by atoms with Crippen molar-refractivity contribution in [2.45, 2.75) is 13.1 Å². The van der Waals surface area contributed by atoms with Crippen LogP contribution in [-0.2, 0) is 13.1 Å². The van der Waals surface area contributed by atoms with Gasteiger partial charge in [-0.05, 0) is 17.7 Å². The lowest BCUT2D eigenvalue weighted by atomic mass is 10.2. The molecule has 1 heterocycles. The van der Waals surface area contributed by atoms with E-state index in [2.05, 4.69) is 20.8 Å². The van der Waals surface area contributed by atoms with E-state index in [9.17, 15) is 0 Å². The SMILES string of the molecule is CN=C(NCc1ccc(OC)c(OC)c1)NCc1ccon1. The van der Waals surface area contributed by atoms with Gasteiger partial charge in [-0.1, -0.05) is 11.2 Å². The largest absolute Gasteiger partial charge is 0.493 e. The lowest BCUT2D eigenvalue weighted by Gasteiger charge is -2.13. The molecule has 1 aromatic heterocycles. The molecule has 118 valence electrons. The Balaban J connectivity index is 1.90. The van der Waals surface area contributed by atoms with Crippen molar-refractivity contribution >= 4 is 5.96 Å². The summed E-state index contributed by atoms with van der Waals surface area (Å²) in [5.41, 5.74) is 1.87. The summed E-state index contributed by atoms with van der Waals surface area (Å²) in [5.74, 6) is 2.09. The fraction of sp³-hybridized carbons (Fsp3) is 0.333. The Labute approximate surface area is 129 Å². The van der Waals surface area contributed by atoms with Crippen LogP contribution < -0.4 is 20.1 Å². The van der Waals surface area contributed by atoms with Crippen LogP contribution in [0.2, 0.25) is 0 Å². The topological polar surface area (TPSA) is 80.9 Å². The van der Waals surface area contributed by atoms with Gasteiger partial charge in [0.1, 0.15) is 12.0 Å². The number of hydrogen-bond donors (Lipinski definition) is 2. The van der Waals surface area contributed by atoms with Crippen molar-refractivity contribution in [3.8, 4) is 11.5 Å². The third-order valence-electron chi connectivity index (χ3n) is 3.06. The van der Waals surface area contributed by atoms with E-state index in [1.807, 2.05) is 18.2 Å². The van der Waals surface area contributed by atoms with Crippen LogP contribution in [0.5, 0.6) is 11.5 Å². The monoisotopic (exact) mass is 304 g/mol. The highest BCUT2D eigenvalue weighted by atomic mass is 16.5. The highest BCUT2D eigenvalue weighted by Gasteiger charge is 2.05. The second kappa shape index (κ2) is 7.92. The maximum Gasteiger partial charge on any atom is 0.191 e. The first-order valence-electron chi connectivity index (χ1n) is 6.81. The lowest BCUT2D eigenvalue weighted by Crippen LogP contribution is -2.36. The van der Waals surface area contributed by atoms with Gasteiger partial charge in [0.25, 0.3) is 0 Å². The summed E-state index contributed by atoms with van der Waals surface area (Å²) in [6.07, 6.45) is 1.54. The Bertz CT molecular complexity index is 611. The molecule has 0 aliphatic rings. The molecular weight excluding hydrogens is 284 g/mol. The highest BCUT2D eigenvalue weighted by molar-refractivity contribution is 5.79. The van der Waals surface area contributed by atoms with Gasteiger partial charge >= 0.3 is 0 Å². The van der Waals surface area contributed by atoms with E-state index >= 15 is 0 Å². The minimum absolute atomic E-state index is 0.544. The molecule has 0 spiro atoms. The fourth-order valence-electron chi connectivity index (χ4n) is 1.90. The van der Waals surface area contributed by atoms with Crippen molar-refractivity contribution in [1.82, 2.24) is 15.8 Å². The van der Waals surface area contributed by atoms with E-state index < -0.39 is 0 Å². The van der Waals surface area contributed by atoms with Gasteiger partial charge < -0.3 is 24.6 Å². The molecule has 0 fully saturated rings. The Hall–Kier alpha value is -2.70. The summed E-state index contributed by atoms with van der Waals surface area (Å²) < 4.78 is 15.3. The van der Waals surface area contributed by atoms with Gasteiger partial charge in [0.15, 0.2) is 17.5 Å². The summed E-state index contributed by atoms with van der Waals surface area (Å²) in [7, 11) is 4.95. The van der Waals surface area contributed by atoms with E-state index in [0.717, 1.165) is 11.3 Å². The number of nitrogens with one attached hydrogen (secondary N) is 2. The van der Waals surface area contributed by atoms with Gasteiger partial charge in [-0.2, -0.15) is 0 Å². The Morgan fingerprint density at radius 2 is 1.91 bits per heavy atom. The van der Waals surface area contributed by atoms with Crippen molar-refractivity contribution in [2.24, 2.45) is 4.99 Å². The molecule has 0 unspecified atom stereocenters. The summed E-state index contributed by atoms with van der Waals surface area (Å²) in [6, 6.07) is 7.58. The van der Waals surface area contributed by atoms with Crippen LogP contribution in [-0.4, -0.2) is 32.4 Å². The predicted molar refractivity (Wildman–Crippen MR) is 83.1 cm³/mol. The zero-order valence-corrected chi connectivity index (χ0v) is 12.9. The molecule has 0 aliphatic carbocycles. The fourth-order valence-corrected chi connectivity index (χ4v) is 1.90. The number of guanidine groups is 1. The Morgan fingerprint density at radius 3 is 2.55 bits per heavy atom. The molecule has 0 aliphatic heterocycles. The zero-order chi connectivity index (χ0) is 15.8. The molecule has 0 amide bonds. The average Bonchev–Trinajstić information content (AvgIpc) is 3.08. The van der Waals surface area contributed by atoms with E-state index in [1.165, 1.54) is 6.26 Å². The first-order chi connectivity index (χ1) is 10.8. The number of ether oxygens (including phenoxy) is 2. The maximum absolute atomic E-state index is 5.29. The number of methoxy groups -OCH3 is 2. The predicted octanol–water partition coefficient (Wildman–Crippen LogP) is 1.56. The van der Waals surface area contributed by atoms with Crippen LogP contribution in [0.1, 0.15) is 11.3 Å². The van der Waals surface area contributed by atoms with Crippen molar-refractivity contribution in [3.05, 3.63) is 41.8 Å². The zero-order valence-electron chi connectivity index (χ0n) is 12.9. The molecule has 2 aromatic rings. The first kappa shape index (κ1) is 15.7. The smallest absolute Gasteiger partial charge is 0.191 e. The molecule has 7 nitrogen and oxygen atoms in total. The van der Waals surface area contributed by atoms with Crippen LogP contribution in [0.4, 0.5) is 0 Å². The molecule has 2 N–H and O–H groups in total. The number of hydrogen-bond acceptors (Lipinski definition) is 5. The summed E-state index contributed by atoms with van der Waals surface area (Å²) in [4.78, 5) is 4.16. The maximum atomic E-state index is 5.29. The summed E-state index contributed by atoms with van der Waals surface area (Å²) in [6.45, 7) is 1.15. The number of nitrogens with zero attached hydrogens (tertiary/aromatic N) is 2. The molecule has 2 rings (SSSR count). The van der Waals surface area contributed by atoms with E-state index in [0.29, 0.717) is 30.5 Å². The molecule has 7 heteroatoms. The second-order valence-electron chi connectivity index (χ2n) is 4.46. The molecule has 0 bridgehead atoms. The third-order valence-corrected chi connectivity index (χ3v) is 3.06. The molecule has 0 saturated carbocycles. The average molecular weight is 304 g/mol. The van der Waals surface area contributed by atoms with Gasteiger partial charge in [0.2, 0.25) is 0 Å². The van der Waals surface area contributed by atoms with Crippen LogP contribution in [0.15, 0.2) is 40.0 Å². The number of benzene rings is 1.